The van der Waals surface area contributed by atoms with Crippen molar-refractivity contribution < 1.29 is 14.0 Å². The summed E-state index contributed by atoms with van der Waals surface area (Å²) in [4.78, 5) is 10.1. The minimum absolute atomic E-state index is 0.0810. The minimum Gasteiger partial charge on any atom is -0.404 e. The monoisotopic (exact) mass is 173 g/mol. The quantitative estimate of drug-likeness (QED) is 0.447. The van der Waals surface area contributed by atoms with E-state index in [9.17, 15) is 4.79 Å². The van der Waals surface area contributed by atoms with Gasteiger partial charge in [0, 0.05) is 6.92 Å². The molecule has 0 N–H and O–H groups in total. The van der Waals surface area contributed by atoms with E-state index < -0.39 is 0 Å². The molecule has 1 atom stereocenters. The normalized spacial score (nSPS) is 14.0. The van der Waals surface area contributed by atoms with Gasteiger partial charge in [0.25, 0.3) is 0 Å². The summed E-state index contributed by atoms with van der Waals surface area (Å²) in [6.07, 6.45) is -0.0810. The fourth-order valence-corrected chi connectivity index (χ4v) is 1.62. The Bertz CT molecular complexity index is 124. The highest BCUT2D eigenvalue weighted by Crippen LogP contribution is 2.13. The Morgan fingerprint density at radius 2 is 1.67 bits per heavy atom. The van der Waals surface area contributed by atoms with Crippen molar-refractivity contribution in [3.8, 4) is 0 Å². The molecule has 0 aromatic rings. The topological polar surface area (TPSA) is 26.3 Å². The summed E-state index contributed by atoms with van der Waals surface area (Å²) in [6, 6.07) is 0. The summed E-state index contributed by atoms with van der Waals surface area (Å²) >= 11 is 0. The van der Waals surface area contributed by atoms with Crippen molar-refractivity contribution in [2.75, 3.05) is 19.6 Å². The number of hydrogen-bond acceptors (Lipinski definition) is 2. The van der Waals surface area contributed by atoms with Crippen molar-refractivity contribution in [1.82, 2.24) is 0 Å². The molecule has 0 aliphatic rings. The van der Waals surface area contributed by atoms with Crippen LogP contribution >= 0.6 is 0 Å². The van der Waals surface area contributed by atoms with Crippen LogP contribution in [-0.4, -0.2) is 36.8 Å². The molecule has 0 aliphatic carbocycles. The highest BCUT2D eigenvalue weighted by atomic mass is 16.5. The molecule has 3 nitrogen and oxygen atoms in total. The standard InChI is InChI=1S/C9H19NO2/c1-5-10(6-2,7-3)9(4)12-8-11/h9H,5-7H2,1-4H3/q+1. The third kappa shape index (κ3) is 2.21. The van der Waals surface area contributed by atoms with Gasteiger partial charge in [-0.1, -0.05) is 0 Å². The second-order valence-corrected chi connectivity index (χ2v) is 2.97. The lowest BCUT2D eigenvalue weighted by atomic mass is 10.3. The van der Waals surface area contributed by atoms with Crippen molar-refractivity contribution in [3.63, 3.8) is 0 Å². The van der Waals surface area contributed by atoms with E-state index >= 15 is 0 Å². The molecule has 1 unspecified atom stereocenters. The Balaban J connectivity index is 4.34. The molecule has 0 spiro atoms. The van der Waals surface area contributed by atoms with Gasteiger partial charge in [0.2, 0.25) is 6.23 Å². The first-order valence-electron chi connectivity index (χ1n) is 4.55. The molecule has 0 heterocycles. The molecule has 0 amide bonds. The maximum atomic E-state index is 10.1. The van der Waals surface area contributed by atoms with Gasteiger partial charge < -0.3 is 4.74 Å². The minimum atomic E-state index is -0.0810. The van der Waals surface area contributed by atoms with E-state index in [1.807, 2.05) is 6.92 Å². The van der Waals surface area contributed by atoms with E-state index in [-0.39, 0.29) is 6.23 Å². The number of nitrogens with zero attached hydrogens (tertiary/aromatic N) is 1. The van der Waals surface area contributed by atoms with E-state index in [1.165, 1.54) is 6.47 Å². The molecule has 12 heavy (non-hydrogen) atoms. The highest BCUT2D eigenvalue weighted by molar-refractivity contribution is 5.38. The number of rotatable bonds is 6. The smallest absolute Gasteiger partial charge is 0.404 e. The second kappa shape index (κ2) is 5.14. The van der Waals surface area contributed by atoms with Crippen LogP contribution in [-0.2, 0) is 9.53 Å². The van der Waals surface area contributed by atoms with Gasteiger partial charge in [-0.05, 0) is 20.8 Å². The first-order valence-corrected chi connectivity index (χ1v) is 4.55. The van der Waals surface area contributed by atoms with Crippen LogP contribution in [0.1, 0.15) is 27.7 Å². The number of quaternary nitrogens is 1. The Labute approximate surface area is 74.9 Å². The van der Waals surface area contributed by atoms with Crippen molar-refractivity contribution in [3.05, 3.63) is 0 Å². The van der Waals surface area contributed by atoms with Crippen LogP contribution in [0.5, 0.6) is 0 Å². The van der Waals surface area contributed by atoms with Crippen LogP contribution in [0.2, 0.25) is 0 Å². The van der Waals surface area contributed by atoms with E-state index in [4.69, 9.17) is 4.74 Å². The van der Waals surface area contributed by atoms with E-state index in [0.29, 0.717) is 0 Å². The molecule has 0 rings (SSSR count). The third-order valence-corrected chi connectivity index (χ3v) is 2.88. The van der Waals surface area contributed by atoms with Gasteiger partial charge in [-0.25, -0.2) is 4.79 Å². The Morgan fingerprint density at radius 1 is 1.25 bits per heavy atom. The molecule has 1 radical (unpaired) electrons. The Hall–Kier alpha value is -0.570. The van der Waals surface area contributed by atoms with E-state index in [1.54, 1.807) is 0 Å². The fraction of sp³-hybridized carbons (Fsp3) is 0.889. The zero-order chi connectivity index (χ0) is 9.61. The Kier molecular flexibility index (Phi) is 4.90. The van der Waals surface area contributed by atoms with Crippen LogP contribution < -0.4 is 0 Å². The van der Waals surface area contributed by atoms with Crippen LogP contribution in [0.15, 0.2) is 0 Å². The summed E-state index contributed by atoms with van der Waals surface area (Å²) < 4.78 is 5.66. The van der Waals surface area contributed by atoms with Gasteiger partial charge in [0.15, 0.2) is 0 Å². The van der Waals surface area contributed by atoms with Gasteiger partial charge in [0.1, 0.15) is 0 Å². The Morgan fingerprint density at radius 3 is 1.92 bits per heavy atom. The summed E-state index contributed by atoms with van der Waals surface area (Å²) in [7, 11) is 0. The first-order chi connectivity index (χ1) is 5.66. The molecule has 71 valence electrons. The molecule has 0 aromatic heterocycles. The van der Waals surface area contributed by atoms with Gasteiger partial charge in [-0.15, -0.1) is 0 Å². The van der Waals surface area contributed by atoms with Crippen molar-refractivity contribution in [1.29, 1.82) is 0 Å². The predicted octanol–water partition coefficient (Wildman–Crippen LogP) is 1.29. The maximum absolute atomic E-state index is 10.1. The zero-order valence-corrected chi connectivity index (χ0v) is 8.46. The van der Waals surface area contributed by atoms with Crippen LogP contribution in [0.25, 0.3) is 0 Å². The molecular weight excluding hydrogens is 154 g/mol. The van der Waals surface area contributed by atoms with Crippen molar-refractivity contribution in [2.45, 2.75) is 33.9 Å². The van der Waals surface area contributed by atoms with Crippen LogP contribution in [0.3, 0.4) is 0 Å². The van der Waals surface area contributed by atoms with Crippen molar-refractivity contribution >= 4 is 6.47 Å². The first kappa shape index (κ1) is 11.4. The van der Waals surface area contributed by atoms with E-state index in [2.05, 4.69) is 20.8 Å². The lowest BCUT2D eigenvalue weighted by molar-refractivity contribution is -0.962. The average Bonchev–Trinajstić information content (AvgIpc) is 2.09. The van der Waals surface area contributed by atoms with Gasteiger partial charge >= 0.3 is 6.47 Å². The average molecular weight is 173 g/mol. The van der Waals surface area contributed by atoms with Crippen LogP contribution in [0, 0.1) is 0 Å². The number of hydrogen-bond donors (Lipinski definition) is 0. The number of carbonyl (C=O) groups excluding carboxylic acids is 1. The molecule has 0 fully saturated rings. The SMILES string of the molecule is CC[N+](CC)(CC)C(C)O[C]=O. The van der Waals surface area contributed by atoms with Crippen LogP contribution in [0.4, 0.5) is 0 Å². The predicted molar refractivity (Wildman–Crippen MR) is 48.1 cm³/mol. The molecule has 0 bridgehead atoms. The number of ether oxygens (including phenoxy) is 1. The van der Waals surface area contributed by atoms with Gasteiger partial charge in [0.05, 0.1) is 19.6 Å². The third-order valence-electron chi connectivity index (χ3n) is 2.88. The second-order valence-electron chi connectivity index (χ2n) is 2.97. The van der Waals surface area contributed by atoms with Gasteiger partial charge in [-0.3, -0.25) is 4.48 Å². The van der Waals surface area contributed by atoms with E-state index in [0.717, 1.165) is 24.1 Å². The summed E-state index contributed by atoms with van der Waals surface area (Å²) in [5, 5.41) is 0. The highest BCUT2D eigenvalue weighted by Gasteiger charge is 2.29. The molecule has 3 heteroatoms. The lowest BCUT2D eigenvalue weighted by Gasteiger charge is -2.39. The summed E-state index contributed by atoms with van der Waals surface area (Å²) in [5.74, 6) is 0. The lowest BCUT2D eigenvalue weighted by Crippen LogP contribution is -2.54. The molecular formula is C9H19NO2+. The maximum Gasteiger partial charge on any atom is 0.422 e. The van der Waals surface area contributed by atoms with Crippen molar-refractivity contribution in [2.24, 2.45) is 0 Å². The van der Waals surface area contributed by atoms with Gasteiger partial charge in [-0.2, -0.15) is 0 Å². The molecule has 0 aliphatic heterocycles. The molecule has 0 saturated carbocycles. The largest absolute Gasteiger partial charge is 0.422 e. The zero-order valence-electron chi connectivity index (χ0n) is 8.46. The summed E-state index contributed by atoms with van der Waals surface area (Å²) in [6.45, 7) is 12.7. The molecule has 0 saturated heterocycles. The summed E-state index contributed by atoms with van der Waals surface area (Å²) in [5.41, 5.74) is 0. The fourth-order valence-electron chi connectivity index (χ4n) is 1.62. The molecule has 0 aromatic carbocycles.